The molecule has 1 N–H and O–H groups in total. The van der Waals surface area contributed by atoms with E-state index in [0.29, 0.717) is 12.1 Å². The number of hydrogen-bond donors (Lipinski definition) is 1. The summed E-state index contributed by atoms with van der Waals surface area (Å²) in [6, 6.07) is 7.49. The summed E-state index contributed by atoms with van der Waals surface area (Å²) < 4.78 is 6.40. The van der Waals surface area contributed by atoms with Crippen molar-refractivity contribution in [3.63, 3.8) is 0 Å². The van der Waals surface area contributed by atoms with Crippen LogP contribution in [0.4, 0.5) is 0 Å². The quantitative estimate of drug-likeness (QED) is 0.938. The molecule has 0 aliphatic carbocycles. The highest BCUT2D eigenvalue weighted by Gasteiger charge is 2.17. The van der Waals surface area contributed by atoms with Gasteiger partial charge in [0.05, 0.1) is 17.2 Å². The number of halogens is 1. The molecule has 5 heteroatoms. The van der Waals surface area contributed by atoms with E-state index in [1.54, 1.807) is 12.3 Å². The minimum atomic E-state index is -0.0778. The molecule has 2 heterocycles. The number of amides is 1. The monoisotopic (exact) mass is 334 g/mol. The maximum Gasteiger partial charge on any atom is 0.252 e. The molecule has 1 aromatic carbocycles. The Morgan fingerprint density at radius 1 is 1.45 bits per heavy atom. The molecule has 0 bridgehead atoms. The first-order valence-corrected chi connectivity index (χ1v) is 7.48. The van der Waals surface area contributed by atoms with Gasteiger partial charge in [-0.25, -0.2) is 0 Å². The molecular weight excluding hydrogens is 320 g/mol. The van der Waals surface area contributed by atoms with Gasteiger partial charge in [0.25, 0.3) is 5.91 Å². The van der Waals surface area contributed by atoms with E-state index in [9.17, 15) is 4.79 Å². The first-order chi connectivity index (χ1) is 9.75. The minimum absolute atomic E-state index is 0.0778. The standard InChI is InChI=1S/C15H15BrN2O2/c16-13-5-1-4-11-12(6-7-17-14(11)13)15(19)18-9-10-3-2-8-20-10/h1,4-7,10H,2-3,8-9H2,(H,18,19). The smallest absolute Gasteiger partial charge is 0.252 e. The molecule has 4 nitrogen and oxygen atoms in total. The number of fused-ring (bicyclic) bond motifs is 1. The molecule has 1 amide bonds. The van der Waals surface area contributed by atoms with Crippen LogP contribution in [-0.2, 0) is 4.74 Å². The van der Waals surface area contributed by atoms with Gasteiger partial charge in [-0.1, -0.05) is 12.1 Å². The number of carbonyl (C=O) groups is 1. The lowest BCUT2D eigenvalue weighted by atomic mass is 10.1. The van der Waals surface area contributed by atoms with Gasteiger partial charge >= 0.3 is 0 Å². The minimum Gasteiger partial charge on any atom is -0.376 e. The molecule has 104 valence electrons. The van der Waals surface area contributed by atoms with Crippen LogP contribution in [0.2, 0.25) is 0 Å². The number of hydrogen-bond acceptors (Lipinski definition) is 3. The summed E-state index contributed by atoms with van der Waals surface area (Å²) >= 11 is 3.46. The third kappa shape index (κ3) is 2.69. The lowest BCUT2D eigenvalue weighted by molar-refractivity contribution is 0.0859. The number of aromatic nitrogens is 1. The fourth-order valence-corrected chi connectivity index (χ4v) is 2.91. The highest BCUT2D eigenvalue weighted by molar-refractivity contribution is 9.10. The van der Waals surface area contributed by atoms with Crippen LogP contribution < -0.4 is 5.32 Å². The zero-order valence-corrected chi connectivity index (χ0v) is 12.5. The maximum absolute atomic E-state index is 12.3. The fraction of sp³-hybridized carbons (Fsp3) is 0.333. The molecular formula is C15H15BrN2O2. The van der Waals surface area contributed by atoms with Gasteiger partial charge in [0.1, 0.15) is 0 Å². The number of carbonyl (C=O) groups excluding carboxylic acids is 1. The highest BCUT2D eigenvalue weighted by atomic mass is 79.9. The van der Waals surface area contributed by atoms with Crippen LogP contribution in [0.25, 0.3) is 10.9 Å². The van der Waals surface area contributed by atoms with Gasteiger partial charge in [0.2, 0.25) is 0 Å². The Morgan fingerprint density at radius 3 is 3.15 bits per heavy atom. The number of pyridine rings is 1. The van der Waals surface area contributed by atoms with Crippen LogP contribution in [0.1, 0.15) is 23.2 Å². The van der Waals surface area contributed by atoms with E-state index in [4.69, 9.17) is 4.74 Å². The van der Waals surface area contributed by atoms with Gasteiger partial charge in [0, 0.05) is 29.2 Å². The van der Waals surface area contributed by atoms with Gasteiger partial charge in [-0.15, -0.1) is 0 Å². The third-order valence-corrected chi connectivity index (χ3v) is 4.12. The Balaban J connectivity index is 1.82. The van der Waals surface area contributed by atoms with Gasteiger partial charge < -0.3 is 10.1 Å². The molecule has 1 atom stereocenters. The Labute approximate surface area is 125 Å². The largest absolute Gasteiger partial charge is 0.376 e. The second-order valence-electron chi connectivity index (χ2n) is 4.84. The first kappa shape index (κ1) is 13.5. The van der Waals surface area contributed by atoms with Crippen LogP contribution >= 0.6 is 15.9 Å². The molecule has 1 saturated heterocycles. The topological polar surface area (TPSA) is 51.2 Å². The summed E-state index contributed by atoms with van der Waals surface area (Å²) in [6.07, 6.45) is 3.90. The molecule has 0 radical (unpaired) electrons. The van der Waals surface area contributed by atoms with Crippen LogP contribution in [0.5, 0.6) is 0 Å². The van der Waals surface area contributed by atoms with Crippen molar-refractivity contribution in [2.45, 2.75) is 18.9 Å². The van der Waals surface area contributed by atoms with Crippen LogP contribution in [0.3, 0.4) is 0 Å². The van der Waals surface area contributed by atoms with Crippen molar-refractivity contribution in [2.75, 3.05) is 13.2 Å². The number of ether oxygens (including phenoxy) is 1. The summed E-state index contributed by atoms with van der Waals surface area (Å²) in [5, 5.41) is 3.80. The van der Waals surface area contributed by atoms with Crippen molar-refractivity contribution < 1.29 is 9.53 Å². The molecule has 1 unspecified atom stereocenters. The molecule has 3 rings (SSSR count). The third-order valence-electron chi connectivity index (χ3n) is 3.48. The van der Waals surface area contributed by atoms with E-state index < -0.39 is 0 Å². The molecule has 1 aliphatic rings. The number of rotatable bonds is 3. The van der Waals surface area contributed by atoms with Gasteiger partial charge in [-0.3, -0.25) is 9.78 Å². The van der Waals surface area contributed by atoms with Crippen LogP contribution in [-0.4, -0.2) is 30.1 Å². The fourth-order valence-electron chi connectivity index (χ4n) is 2.45. The Morgan fingerprint density at radius 2 is 2.35 bits per heavy atom. The maximum atomic E-state index is 12.3. The first-order valence-electron chi connectivity index (χ1n) is 6.69. The van der Waals surface area contributed by atoms with E-state index in [2.05, 4.69) is 26.2 Å². The Hall–Kier alpha value is -1.46. The summed E-state index contributed by atoms with van der Waals surface area (Å²) in [5.41, 5.74) is 1.45. The number of benzene rings is 1. The zero-order chi connectivity index (χ0) is 13.9. The van der Waals surface area contributed by atoms with Gasteiger partial charge in [-0.05, 0) is 40.9 Å². The van der Waals surface area contributed by atoms with E-state index in [1.807, 2.05) is 18.2 Å². The summed E-state index contributed by atoms with van der Waals surface area (Å²) in [4.78, 5) is 16.6. The highest BCUT2D eigenvalue weighted by Crippen LogP contribution is 2.24. The normalized spacial score (nSPS) is 18.4. The van der Waals surface area contributed by atoms with E-state index >= 15 is 0 Å². The average molecular weight is 335 g/mol. The van der Waals surface area contributed by atoms with E-state index in [-0.39, 0.29) is 12.0 Å². The molecule has 1 fully saturated rings. The molecule has 0 spiro atoms. The van der Waals surface area contributed by atoms with Gasteiger partial charge in [-0.2, -0.15) is 0 Å². The lowest BCUT2D eigenvalue weighted by Crippen LogP contribution is -2.31. The summed E-state index contributed by atoms with van der Waals surface area (Å²) in [7, 11) is 0. The van der Waals surface area contributed by atoms with Crippen molar-refractivity contribution in [1.82, 2.24) is 10.3 Å². The van der Waals surface area contributed by atoms with Gasteiger partial charge in [0.15, 0.2) is 0 Å². The number of para-hydroxylation sites is 1. The second kappa shape index (κ2) is 5.89. The van der Waals surface area contributed by atoms with E-state index in [0.717, 1.165) is 34.8 Å². The van der Waals surface area contributed by atoms with Crippen molar-refractivity contribution in [3.05, 3.63) is 40.5 Å². The molecule has 0 saturated carbocycles. The predicted octanol–water partition coefficient (Wildman–Crippen LogP) is 2.91. The van der Waals surface area contributed by atoms with Crippen LogP contribution in [0, 0.1) is 0 Å². The number of nitrogens with one attached hydrogen (secondary N) is 1. The summed E-state index contributed by atoms with van der Waals surface area (Å²) in [6.45, 7) is 1.36. The lowest BCUT2D eigenvalue weighted by Gasteiger charge is -2.12. The SMILES string of the molecule is O=C(NCC1CCCO1)c1ccnc2c(Br)cccc12. The van der Waals surface area contributed by atoms with Crippen molar-refractivity contribution in [3.8, 4) is 0 Å². The van der Waals surface area contributed by atoms with Crippen LogP contribution in [0.15, 0.2) is 34.9 Å². The summed E-state index contributed by atoms with van der Waals surface area (Å²) in [5.74, 6) is -0.0778. The molecule has 1 aliphatic heterocycles. The van der Waals surface area contributed by atoms with E-state index in [1.165, 1.54) is 0 Å². The predicted molar refractivity (Wildman–Crippen MR) is 80.8 cm³/mol. The molecule has 2 aromatic rings. The second-order valence-corrected chi connectivity index (χ2v) is 5.69. The molecule has 20 heavy (non-hydrogen) atoms. The van der Waals surface area contributed by atoms with Crippen molar-refractivity contribution in [1.29, 1.82) is 0 Å². The average Bonchev–Trinajstić information content (AvgIpc) is 2.98. The number of nitrogens with zero attached hydrogens (tertiary/aromatic N) is 1. The Kier molecular flexibility index (Phi) is 3.98. The zero-order valence-electron chi connectivity index (χ0n) is 10.9. The Bertz CT molecular complexity index is 639. The molecule has 1 aromatic heterocycles. The van der Waals surface area contributed by atoms with Crippen molar-refractivity contribution in [2.24, 2.45) is 0 Å². The van der Waals surface area contributed by atoms with Crippen molar-refractivity contribution >= 4 is 32.7 Å².